The largest absolute Gasteiger partial charge is 0.381 e. The van der Waals surface area contributed by atoms with E-state index in [0.29, 0.717) is 18.7 Å². The summed E-state index contributed by atoms with van der Waals surface area (Å²) >= 11 is 5.95. The van der Waals surface area contributed by atoms with E-state index in [1.165, 1.54) is 5.56 Å². The van der Waals surface area contributed by atoms with Crippen molar-refractivity contribution in [3.63, 3.8) is 0 Å². The molecule has 0 aromatic heterocycles. The Bertz CT molecular complexity index is 640. The third-order valence-electron chi connectivity index (χ3n) is 3.25. The third kappa shape index (κ3) is 4.23. The Morgan fingerprint density at radius 1 is 1.19 bits per heavy atom. The van der Waals surface area contributed by atoms with Gasteiger partial charge in [0.25, 0.3) is 5.91 Å². The lowest BCUT2D eigenvalue weighted by molar-refractivity contribution is 0.0956. The molecule has 2 rings (SSSR count). The molecule has 0 heterocycles. The maximum absolute atomic E-state index is 11.8. The summed E-state index contributed by atoms with van der Waals surface area (Å²) in [6.07, 6.45) is 0. The van der Waals surface area contributed by atoms with Crippen LogP contribution in [0.4, 0.5) is 5.69 Å². The second-order valence-corrected chi connectivity index (χ2v) is 5.30. The lowest BCUT2D eigenvalue weighted by Gasteiger charge is -2.10. The second kappa shape index (κ2) is 7.14. The monoisotopic (exact) mass is 302 g/mol. The Morgan fingerprint density at radius 2 is 2.00 bits per heavy atom. The standard InChI is InChI=1S/C17H19ClN2O/c1-3-19-17(21)13-5-4-6-16(10-13)20-11-14-7-8-15(18)9-12(14)2/h4-10,20H,3,11H2,1-2H3,(H,19,21). The van der Waals surface area contributed by atoms with E-state index in [4.69, 9.17) is 11.6 Å². The van der Waals surface area contributed by atoms with Crippen molar-refractivity contribution in [1.82, 2.24) is 5.32 Å². The van der Waals surface area contributed by atoms with Crippen molar-refractivity contribution in [2.45, 2.75) is 20.4 Å². The van der Waals surface area contributed by atoms with Gasteiger partial charge in [-0.15, -0.1) is 0 Å². The first-order valence-corrected chi connectivity index (χ1v) is 7.35. The summed E-state index contributed by atoms with van der Waals surface area (Å²) in [5, 5.41) is 6.88. The van der Waals surface area contributed by atoms with Crippen LogP contribution in [0.15, 0.2) is 42.5 Å². The molecule has 2 N–H and O–H groups in total. The van der Waals surface area contributed by atoms with E-state index in [1.54, 1.807) is 0 Å². The van der Waals surface area contributed by atoms with Gasteiger partial charge in [-0.05, 0) is 55.3 Å². The summed E-state index contributed by atoms with van der Waals surface area (Å²) in [6.45, 7) is 5.26. The molecular weight excluding hydrogens is 284 g/mol. The number of hydrogen-bond acceptors (Lipinski definition) is 2. The molecule has 0 spiro atoms. The van der Waals surface area contributed by atoms with E-state index in [9.17, 15) is 4.79 Å². The molecule has 2 aromatic rings. The molecular formula is C17H19ClN2O. The van der Waals surface area contributed by atoms with Crippen LogP contribution in [0.2, 0.25) is 5.02 Å². The highest BCUT2D eigenvalue weighted by atomic mass is 35.5. The van der Waals surface area contributed by atoms with Crippen molar-refractivity contribution in [2.75, 3.05) is 11.9 Å². The Balaban J connectivity index is 2.06. The highest BCUT2D eigenvalue weighted by molar-refractivity contribution is 6.30. The number of carbonyl (C=O) groups excluding carboxylic acids is 1. The van der Waals surface area contributed by atoms with Crippen molar-refractivity contribution in [1.29, 1.82) is 0 Å². The normalized spacial score (nSPS) is 10.2. The summed E-state index contributed by atoms with van der Waals surface area (Å²) < 4.78 is 0. The van der Waals surface area contributed by atoms with Gasteiger partial charge in [0, 0.05) is 29.4 Å². The molecule has 0 saturated carbocycles. The molecule has 1 amide bonds. The molecule has 2 aromatic carbocycles. The summed E-state index contributed by atoms with van der Waals surface area (Å²) in [5.41, 5.74) is 3.92. The lowest BCUT2D eigenvalue weighted by atomic mass is 10.1. The minimum absolute atomic E-state index is 0.0520. The Morgan fingerprint density at radius 3 is 2.71 bits per heavy atom. The fourth-order valence-electron chi connectivity index (χ4n) is 2.09. The molecule has 21 heavy (non-hydrogen) atoms. The molecule has 0 atom stereocenters. The van der Waals surface area contributed by atoms with Crippen LogP contribution in [-0.2, 0) is 6.54 Å². The van der Waals surface area contributed by atoms with Gasteiger partial charge in [0.1, 0.15) is 0 Å². The van der Waals surface area contributed by atoms with Crippen LogP contribution in [0, 0.1) is 6.92 Å². The lowest BCUT2D eigenvalue weighted by Crippen LogP contribution is -2.22. The predicted octanol–water partition coefficient (Wildman–Crippen LogP) is 4.01. The van der Waals surface area contributed by atoms with Gasteiger partial charge in [-0.3, -0.25) is 4.79 Å². The van der Waals surface area contributed by atoms with Crippen LogP contribution in [0.1, 0.15) is 28.4 Å². The van der Waals surface area contributed by atoms with Gasteiger partial charge in [-0.2, -0.15) is 0 Å². The number of anilines is 1. The fourth-order valence-corrected chi connectivity index (χ4v) is 2.31. The molecule has 0 aliphatic rings. The number of halogens is 1. The third-order valence-corrected chi connectivity index (χ3v) is 3.48. The maximum atomic E-state index is 11.8. The molecule has 0 saturated heterocycles. The first-order valence-electron chi connectivity index (χ1n) is 6.97. The molecule has 0 fully saturated rings. The smallest absolute Gasteiger partial charge is 0.251 e. The average Bonchev–Trinajstić information content (AvgIpc) is 2.47. The van der Waals surface area contributed by atoms with Crippen LogP contribution in [0.25, 0.3) is 0 Å². The zero-order valence-electron chi connectivity index (χ0n) is 12.2. The van der Waals surface area contributed by atoms with E-state index in [-0.39, 0.29) is 5.91 Å². The van der Waals surface area contributed by atoms with Gasteiger partial charge < -0.3 is 10.6 Å². The Hall–Kier alpha value is -2.00. The first-order chi connectivity index (χ1) is 10.1. The minimum atomic E-state index is -0.0520. The summed E-state index contributed by atoms with van der Waals surface area (Å²) in [6, 6.07) is 13.3. The van der Waals surface area contributed by atoms with Gasteiger partial charge in [-0.1, -0.05) is 23.7 Å². The molecule has 0 aliphatic heterocycles. The van der Waals surface area contributed by atoms with E-state index in [2.05, 4.69) is 10.6 Å². The van der Waals surface area contributed by atoms with Gasteiger partial charge >= 0.3 is 0 Å². The number of rotatable bonds is 5. The molecule has 110 valence electrons. The van der Waals surface area contributed by atoms with E-state index < -0.39 is 0 Å². The Kier molecular flexibility index (Phi) is 5.23. The van der Waals surface area contributed by atoms with Crippen molar-refractivity contribution >= 4 is 23.2 Å². The number of aryl methyl sites for hydroxylation is 1. The molecule has 3 nitrogen and oxygen atoms in total. The zero-order chi connectivity index (χ0) is 15.2. The van der Waals surface area contributed by atoms with E-state index in [0.717, 1.165) is 16.3 Å². The maximum Gasteiger partial charge on any atom is 0.251 e. The Labute approximate surface area is 130 Å². The minimum Gasteiger partial charge on any atom is -0.381 e. The molecule has 4 heteroatoms. The number of carbonyl (C=O) groups is 1. The van der Waals surface area contributed by atoms with Crippen LogP contribution in [0.3, 0.4) is 0 Å². The number of amides is 1. The van der Waals surface area contributed by atoms with Crippen molar-refractivity contribution in [3.8, 4) is 0 Å². The number of nitrogens with one attached hydrogen (secondary N) is 2. The van der Waals surface area contributed by atoms with Gasteiger partial charge in [-0.25, -0.2) is 0 Å². The number of hydrogen-bond donors (Lipinski definition) is 2. The highest BCUT2D eigenvalue weighted by Crippen LogP contribution is 2.17. The van der Waals surface area contributed by atoms with Crippen LogP contribution < -0.4 is 10.6 Å². The van der Waals surface area contributed by atoms with Crippen molar-refractivity contribution in [2.24, 2.45) is 0 Å². The first kappa shape index (κ1) is 15.4. The van der Waals surface area contributed by atoms with E-state index >= 15 is 0 Å². The average molecular weight is 303 g/mol. The summed E-state index contributed by atoms with van der Waals surface area (Å²) in [5.74, 6) is -0.0520. The van der Waals surface area contributed by atoms with E-state index in [1.807, 2.05) is 56.3 Å². The molecule has 0 radical (unpaired) electrons. The van der Waals surface area contributed by atoms with Crippen molar-refractivity contribution < 1.29 is 4.79 Å². The summed E-state index contributed by atoms with van der Waals surface area (Å²) in [7, 11) is 0. The molecule has 0 aliphatic carbocycles. The van der Waals surface area contributed by atoms with Crippen LogP contribution in [-0.4, -0.2) is 12.5 Å². The quantitative estimate of drug-likeness (QED) is 0.876. The summed E-state index contributed by atoms with van der Waals surface area (Å²) in [4.78, 5) is 11.8. The van der Waals surface area contributed by atoms with Crippen LogP contribution in [0.5, 0.6) is 0 Å². The van der Waals surface area contributed by atoms with Crippen LogP contribution >= 0.6 is 11.6 Å². The fraction of sp³-hybridized carbons (Fsp3) is 0.235. The zero-order valence-corrected chi connectivity index (χ0v) is 13.0. The topological polar surface area (TPSA) is 41.1 Å². The predicted molar refractivity (Wildman–Crippen MR) is 88.0 cm³/mol. The number of benzene rings is 2. The second-order valence-electron chi connectivity index (χ2n) is 4.86. The molecule has 0 bridgehead atoms. The highest BCUT2D eigenvalue weighted by Gasteiger charge is 2.05. The van der Waals surface area contributed by atoms with Crippen molar-refractivity contribution in [3.05, 3.63) is 64.2 Å². The SMILES string of the molecule is CCNC(=O)c1cccc(NCc2ccc(Cl)cc2C)c1. The van der Waals surface area contributed by atoms with Gasteiger partial charge in [0.05, 0.1) is 0 Å². The van der Waals surface area contributed by atoms with Gasteiger partial charge in [0.2, 0.25) is 0 Å². The molecule has 0 unspecified atom stereocenters. The van der Waals surface area contributed by atoms with Gasteiger partial charge in [0.15, 0.2) is 0 Å².